The van der Waals surface area contributed by atoms with Crippen molar-refractivity contribution in [2.45, 2.75) is 6.54 Å². The highest BCUT2D eigenvalue weighted by Crippen LogP contribution is 2.33. The largest absolute Gasteiger partial charge is 0.493 e. The quantitative estimate of drug-likeness (QED) is 0.309. The molecule has 0 saturated carbocycles. The highest BCUT2D eigenvalue weighted by Gasteiger charge is 2.17. The topological polar surface area (TPSA) is 105 Å². The molecular formula is C29H28N2O7. The predicted molar refractivity (Wildman–Crippen MR) is 142 cm³/mol. The summed E-state index contributed by atoms with van der Waals surface area (Å²) in [4.78, 5) is 30.2. The van der Waals surface area contributed by atoms with E-state index in [-0.39, 0.29) is 6.54 Å². The third kappa shape index (κ3) is 5.78. The highest BCUT2D eigenvalue weighted by atomic mass is 16.5. The van der Waals surface area contributed by atoms with Crippen molar-refractivity contribution in [3.05, 3.63) is 77.9 Å². The molecule has 0 aliphatic heterocycles. The first-order chi connectivity index (χ1) is 18.5. The fourth-order valence-corrected chi connectivity index (χ4v) is 3.94. The van der Waals surface area contributed by atoms with Crippen molar-refractivity contribution in [2.24, 2.45) is 0 Å². The van der Waals surface area contributed by atoms with E-state index < -0.39 is 18.5 Å². The number of carbonyl (C=O) groups excluding carboxylic acids is 2. The van der Waals surface area contributed by atoms with Gasteiger partial charge in [0.05, 0.1) is 45.2 Å². The Morgan fingerprint density at radius 2 is 1.42 bits per heavy atom. The summed E-state index contributed by atoms with van der Waals surface area (Å²) in [7, 11) is 6.20. The number of nitrogens with one attached hydrogen (secondary N) is 1. The van der Waals surface area contributed by atoms with Crippen LogP contribution < -0.4 is 24.3 Å². The van der Waals surface area contributed by atoms with E-state index in [0.29, 0.717) is 45.2 Å². The van der Waals surface area contributed by atoms with Gasteiger partial charge in [0, 0.05) is 17.5 Å². The van der Waals surface area contributed by atoms with E-state index >= 15 is 0 Å². The van der Waals surface area contributed by atoms with Gasteiger partial charge in [-0.15, -0.1) is 0 Å². The number of carbonyl (C=O) groups is 2. The van der Waals surface area contributed by atoms with Crippen molar-refractivity contribution < 1.29 is 33.3 Å². The van der Waals surface area contributed by atoms with Crippen LogP contribution in [0.4, 0.5) is 0 Å². The van der Waals surface area contributed by atoms with E-state index in [0.717, 1.165) is 11.1 Å². The summed E-state index contributed by atoms with van der Waals surface area (Å²) in [6.45, 7) is -0.202. The Labute approximate surface area is 220 Å². The number of pyridine rings is 1. The number of nitrogens with zero attached hydrogens (tertiary/aromatic N) is 1. The fourth-order valence-electron chi connectivity index (χ4n) is 3.94. The minimum Gasteiger partial charge on any atom is -0.493 e. The van der Waals surface area contributed by atoms with Crippen LogP contribution in [-0.4, -0.2) is 51.9 Å². The zero-order chi connectivity index (χ0) is 27.1. The van der Waals surface area contributed by atoms with Crippen molar-refractivity contribution in [3.8, 4) is 34.3 Å². The molecule has 0 atom stereocenters. The van der Waals surface area contributed by atoms with E-state index in [1.54, 1.807) is 64.8 Å². The van der Waals surface area contributed by atoms with Gasteiger partial charge in [0.1, 0.15) is 0 Å². The van der Waals surface area contributed by atoms with Crippen LogP contribution in [0.2, 0.25) is 0 Å². The van der Waals surface area contributed by atoms with Gasteiger partial charge in [0.15, 0.2) is 29.6 Å². The summed E-state index contributed by atoms with van der Waals surface area (Å²) in [5.74, 6) is 1.19. The van der Waals surface area contributed by atoms with Crippen LogP contribution >= 0.6 is 0 Å². The molecule has 0 radical (unpaired) electrons. The summed E-state index contributed by atoms with van der Waals surface area (Å²) >= 11 is 0. The maximum absolute atomic E-state index is 13.1. The number of esters is 1. The summed E-state index contributed by atoms with van der Waals surface area (Å²) in [6, 6.07) is 19.6. The standard InChI is InChI=1S/C29H28N2O7/c1-34-24-11-9-18(13-26(24)36-3)16-30-28(32)17-38-29(33)21-15-23(31-22-8-6-5-7-20(21)22)19-10-12-25(35-2)27(14-19)37-4/h5-15H,16-17H2,1-4H3,(H,30,32). The molecule has 3 aromatic carbocycles. The monoisotopic (exact) mass is 516 g/mol. The maximum Gasteiger partial charge on any atom is 0.339 e. The SMILES string of the molecule is COc1ccc(CNC(=O)COC(=O)c2cc(-c3ccc(OC)c(OC)c3)nc3ccccc23)cc1OC. The third-order valence-electron chi connectivity index (χ3n) is 5.89. The molecule has 38 heavy (non-hydrogen) atoms. The summed E-state index contributed by atoms with van der Waals surface area (Å²) in [5.41, 5.74) is 3.00. The van der Waals surface area contributed by atoms with Gasteiger partial charge in [-0.25, -0.2) is 9.78 Å². The molecule has 196 valence electrons. The van der Waals surface area contributed by atoms with Gasteiger partial charge < -0.3 is 29.0 Å². The molecule has 1 heterocycles. The molecule has 0 fully saturated rings. The van der Waals surface area contributed by atoms with E-state index in [2.05, 4.69) is 5.32 Å². The average molecular weight is 517 g/mol. The van der Waals surface area contributed by atoms with Gasteiger partial charge in [-0.2, -0.15) is 0 Å². The second kappa shape index (κ2) is 12.0. The first-order valence-electron chi connectivity index (χ1n) is 11.7. The van der Waals surface area contributed by atoms with E-state index in [1.165, 1.54) is 0 Å². The first kappa shape index (κ1) is 26.3. The molecule has 4 aromatic rings. The third-order valence-corrected chi connectivity index (χ3v) is 5.89. The zero-order valence-electron chi connectivity index (χ0n) is 21.6. The van der Waals surface area contributed by atoms with Gasteiger partial charge in [-0.3, -0.25) is 4.79 Å². The van der Waals surface area contributed by atoms with Gasteiger partial charge in [0.2, 0.25) is 0 Å². The lowest BCUT2D eigenvalue weighted by Gasteiger charge is -2.12. The Morgan fingerprint density at radius 1 is 0.763 bits per heavy atom. The Morgan fingerprint density at radius 3 is 2.13 bits per heavy atom. The van der Waals surface area contributed by atoms with Crippen molar-refractivity contribution in [2.75, 3.05) is 35.0 Å². The molecule has 0 bridgehead atoms. The summed E-state index contributed by atoms with van der Waals surface area (Å²) < 4.78 is 26.6. The number of aromatic nitrogens is 1. The first-order valence-corrected chi connectivity index (χ1v) is 11.7. The summed E-state index contributed by atoms with van der Waals surface area (Å²) in [5, 5.41) is 3.36. The Kier molecular flexibility index (Phi) is 8.27. The lowest BCUT2D eigenvalue weighted by molar-refractivity contribution is -0.124. The Hall–Kier alpha value is -4.79. The normalized spacial score (nSPS) is 10.5. The van der Waals surface area contributed by atoms with E-state index in [9.17, 15) is 9.59 Å². The van der Waals surface area contributed by atoms with Gasteiger partial charge in [-0.1, -0.05) is 24.3 Å². The Balaban J connectivity index is 1.50. The van der Waals surface area contributed by atoms with Gasteiger partial charge >= 0.3 is 5.97 Å². The van der Waals surface area contributed by atoms with Crippen molar-refractivity contribution in [1.82, 2.24) is 10.3 Å². The van der Waals surface area contributed by atoms with Crippen LogP contribution in [0.15, 0.2) is 66.7 Å². The number of hydrogen-bond acceptors (Lipinski definition) is 8. The molecule has 0 spiro atoms. The number of ether oxygens (including phenoxy) is 5. The second-order valence-electron chi connectivity index (χ2n) is 8.18. The molecule has 9 heteroatoms. The lowest BCUT2D eigenvalue weighted by atomic mass is 10.0. The van der Waals surface area contributed by atoms with Gasteiger partial charge in [-0.05, 0) is 48.0 Å². The van der Waals surface area contributed by atoms with Gasteiger partial charge in [0.25, 0.3) is 5.91 Å². The minimum absolute atomic E-state index is 0.235. The molecular weight excluding hydrogens is 488 g/mol. The molecule has 1 aromatic heterocycles. The number of amides is 1. The van der Waals surface area contributed by atoms with Crippen LogP contribution in [0.3, 0.4) is 0 Å². The molecule has 1 amide bonds. The second-order valence-corrected chi connectivity index (χ2v) is 8.18. The van der Waals surface area contributed by atoms with Crippen LogP contribution in [0, 0.1) is 0 Å². The zero-order valence-corrected chi connectivity index (χ0v) is 21.6. The molecule has 0 aliphatic carbocycles. The maximum atomic E-state index is 13.1. The fraction of sp³-hybridized carbons (Fsp3) is 0.207. The lowest BCUT2D eigenvalue weighted by Crippen LogP contribution is -2.28. The average Bonchev–Trinajstić information content (AvgIpc) is 2.97. The van der Waals surface area contributed by atoms with Crippen molar-refractivity contribution in [3.63, 3.8) is 0 Å². The molecule has 0 aliphatic rings. The minimum atomic E-state index is -0.633. The van der Waals surface area contributed by atoms with Crippen LogP contribution in [-0.2, 0) is 16.1 Å². The van der Waals surface area contributed by atoms with Crippen molar-refractivity contribution in [1.29, 1.82) is 0 Å². The van der Waals surface area contributed by atoms with Crippen molar-refractivity contribution >= 4 is 22.8 Å². The molecule has 0 unspecified atom stereocenters. The number of hydrogen-bond donors (Lipinski definition) is 1. The number of methoxy groups -OCH3 is 4. The van der Waals surface area contributed by atoms with Crippen LogP contribution in [0.25, 0.3) is 22.2 Å². The van der Waals surface area contributed by atoms with Crippen LogP contribution in [0.5, 0.6) is 23.0 Å². The summed E-state index contributed by atoms with van der Waals surface area (Å²) in [6.07, 6.45) is 0. The molecule has 1 N–H and O–H groups in total. The number of rotatable bonds is 10. The number of benzene rings is 3. The highest BCUT2D eigenvalue weighted by molar-refractivity contribution is 6.05. The Bertz CT molecular complexity index is 1470. The van der Waals surface area contributed by atoms with E-state index in [1.807, 2.05) is 30.3 Å². The smallest absolute Gasteiger partial charge is 0.339 e. The predicted octanol–water partition coefficient (Wildman–Crippen LogP) is 4.41. The number of fused-ring (bicyclic) bond motifs is 1. The van der Waals surface area contributed by atoms with E-state index in [4.69, 9.17) is 28.7 Å². The molecule has 9 nitrogen and oxygen atoms in total. The number of para-hydroxylation sites is 1. The molecule has 0 saturated heterocycles. The molecule has 4 rings (SSSR count). The van der Waals surface area contributed by atoms with Crippen LogP contribution in [0.1, 0.15) is 15.9 Å².